The molecule has 0 unspecified atom stereocenters. The highest BCUT2D eigenvalue weighted by Gasteiger charge is 2.41. The summed E-state index contributed by atoms with van der Waals surface area (Å²) in [7, 11) is -3.44. The maximum Gasteiger partial charge on any atom is 0.336 e. The molecule has 288 valence electrons. The number of aromatic amines is 1. The predicted octanol–water partition coefficient (Wildman–Crippen LogP) is 6.64. The van der Waals surface area contributed by atoms with Crippen molar-refractivity contribution in [3.05, 3.63) is 129 Å². The van der Waals surface area contributed by atoms with Crippen molar-refractivity contribution in [1.82, 2.24) is 19.9 Å². The Labute approximate surface area is 354 Å². The van der Waals surface area contributed by atoms with Crippen LogP contribution in [0, 0.1) is 0 Å². The van der Waals surface area contributed by atoms with Crippen LogP contribution in [0.1, 0.15) is 96.8 Å². The summed E-state index contributed by atoms with van der Waals surface area (Å²) in [5, 5.41) is 11.4. The Morgan fingerprint density at radius 3 is 2.51 bits per heavy atom. The lowest BCUT2D eigenvalue weighted by Crippen LogP contribution is -2.50. The number of aromatic carboxylic acids is 1. The van der Waals surface area contributed by atoms with Gasteiger partial charge < -0.3 is 25.5 Å². The number of carboxylic acid groups (broad SMARTS) is 1. The van der Waals surface area contributed by atoms with E-state index in [-0.39, 0.29) is 70.7 Å². The van der Waals surface area contributed by atoms with Crippen molar-refractivity contribution in [3.63, 3.8) is 0 Å². The number of carbonyl (C=O) groups is 2. The average Bonchev–Trinajstić information content (AvgIpc) is 3.82. The molecule has 4 aliphatic rings. The van der Waals surface area contributed by atoms with Crippen LogP contribution in [-0.4, -0.2) is 81.1 Å². The second kappa shape index (κ2) is 14.7. The topological polar surface area (TPSA) is 150 Å². The van der Waals surface area contributed by atoms with Gasteiger partial charge in [-0.05, 0) is 93.3 Å². The zero-order chi connectivity index (χ0) is 53.6. The highest BCUT2D eigenvalue weighted by molar-refractivity contribution is 6.98. The van der Waals surface area contributed by atoms with Crippen LogP contribution < -0.4 is 20.6 Å². The Balaban J connectivity index is 1.14. The van der Waals surface area contributed by atoms with E-state index < -0.39 is 65.5 Å². The molecule has 3 aromatic carbocycles. The number of allylic oxidation sites excluding steroid dienone is 5. The number of imidazole rings is 1. The molecule has 11 nitrogen and oxygen atoms in total. The molecule has 0 amide bonds. The monoisotopic (exact) mass is 792 g/mol. The Morgan fingerprint density at radius 2 is 1.74 bits per heavy atom. The second-order valence-electron chi connectivity index (χ2n) is 14.2. The lowest BCUT2D eigenvalue weighted by atomic mass is 9.85. The van der Waals surface area contributed by atoms with E-state index in [2.05, 4.69) is 19.9 Å². The maximum atomic E-state index is 14.1. The summed E-state index contributed by atoms with van der Waals surface area (Å²) in [6, 6.07) is 15.4. The number of ketones is 1. The Bertz CT molecular complexity index is 3280. The number of H-pyrrole nitrogens is 1. The molecule has 2 aromatic heterocycles. The van der Waals surface area contributed by atoms with Gasteiger partial charge in [0.25, 0.3) is 0 Å². The van der Waals surface area contributed by atoms with Gasteiger partial charge in [-0.15, -0.1) is 0 Å². The number of carbonyl (C=O) groups excluding carboxylic acids is 1. The zero-order valence-corrected chi connectivity index (χ0v) is 31.7. The second-order valence-corrected chi connectivity index (χ2v) is 18.5. The third kappa shape index (κ3) is 6.88. The molecule has 9 rings (SSSR count). The number of aryl methyl sites for hydroxylation is 1. The number of ether oxygens (including phenoxy) is 1. The lowest BCUT2D eigenvalue weighted by molar-refractivity contribution is -0.504. The molecule has 5 aromatic rings. The standard InChI is InChI=1S/C45H45N7O4Si/c1-57(2)38-24-31(51-19-3-4-20-51)13-16-34(38)40(35-17-14-32(25-39(35)57)52-21-5-6-22-52)36-23-30(12-15-33(36)44(54)55)37(53)18-11-28-7-9-29(10-8-28)26-56-43-41-42(48-27-47-41)49-45(46)50-43/h7-10,12-17,23-25,27H,3-6,11,18-22,26H2,1-2H3,(H3-,46,47,48,49,50,54,55)/p+1/i3D2,4D2,5D2,6D2,19D2,20D2,21D2,22D2. The number of aromatic nitrogens is 4. The molecule has 57 heavy (non-hydrogen) atoms. The van der Waals surface area contributed by atoms with Crippen LogP contribution in [-0.2, 0) is 13.0 Å². The third-order valence-electron chi connectivity index (χ3n) is 10.4. The number of carboxylic acids is 1. The van der Waals surface area contributed by atoms with Gasteiger partial charge >= 0.3 is 5.97 Å². The number of nitrogens with one attached hydrogen (secondary N) is 1. The summed E-state index contributed by atoms with van der Waals surface area (Å²) in [6.07, 6.45) is -7.76. The first-order valence-electron chi connectivity index (χ1n) is 26.0. The van der Waals surface area contributed by atoms with E-state index in [1.165, 1.54) is 61.0 Å². The fourth-order valence-corrected chi connectivity index (χ4v) is 10.5. The normalized spacial score (nSPS) is 28.5. The Hall–Kier alpha value is -6.14. The van der Waals surface area contributed by atoms with Crippen LogP contribution in [0.15, 0.2) is 96.0 Å². The summed E-state index contributed by atoms with van der Waals surface area (Å²) in [6.45, 7) is -9.40. The molecule has 2 saturated heterocycles. The third-order valence-corrected chi connectivity index (χ3v) is 13.9. The van der Waals surface area contributed by atoms with E-state index in [4.69, 9.17) is 32.4 Å². The number of rotatable bonds is 10. The van der Waals surface area contributed by atoms with E-state index in [9.17, 15) is 14.7 Å². The van der Waals surface area contributed by atoms with Gasteiger partial charge in [-0.25, -0.2) is 14.4 Å². The fraction of sp³-hybridized carbons (Fsp3) is 0.289. The van der Waals surface area contributed by atoms with Crippen LogP contribution >= 0.6 is 0 Å². The highest BCUT2D eigenvalue weighted by Crippen LogP contribution is 2.43. The van der Waals surface area contributed by atoms with E-state index in [1.807, 2.05) is 24.3 Å². The molecular weight excluding hydrogens is 731 g/mol. The number of nitrogens with zero attached hydrogens (tertiary/aromatic N) is 5. The molecule has 4 N–H and O–H groups in total. The Morgan fingerprint density at radius 1 is 0.965 bits per heavy atom. The predicted molar refractivity (Wildman–Crippen MR) is 225 cm³/mol. The van der Waals surface area contributed by atoms with E-state index in [0.29, 0.717) is 42.2 Å². The van der Waals surface area contributed by atoms with Gasteiger partial charge in [-0.2, -0.15) is 9.97 Å². The van der Waals surface area contributed by atoms with Crippen molar-refractivity contribution in [3.8, 4) is 5.88 Å². The van der Waals surface area contributed by atoms with Crippen LogP contribution in [0.2, 0.25) is 13.1 Å². The van der Waals surface area contributed by atoms with Crippen LogP contribution in [0.5, 0.6) is 5.88 Å². The number of Topliss-reactive ketones (excluding diaryl/α,β-unsaturated/α-hetero) is 1. The number of benzene rings is 3. The molecule has 1 aliphatic carbocycles. The number of anilines is 2. The molecule has 0 bridgehead atoms. The van der Waals surface area contributed by atoms with Crippen molar-refractivity contribution in [2.75, 3.05) is 36.6 Å². The van der Waals surface area contributed by atoms with E-state index >= 15 is 0 Å². The summed E-state index contributed by atoms with van der Waals surface area (Å²) in [5.41, 5.74) is 8.39. The first-order valence-corrected chi connectivity index (χ1v) is 21.0. The van der Waals surface area contributed by atoms with Gasteiger partial charge in [0.1, 0.15) is 38.7 Å². The molecule has 2 fully saturated rings. The molecular formula is C45H46N7O4Si+. The SMILES string of the molecule is [2H]C1([2H])N(c2ccc3c(c2)[Si](C)(C)C2=CC(=[N+]4C([2H])([2H])C([2H])([2H])C([2H])([2H])C4([2H])[2H])C=CC2=C3c2cc(C(=O)CCc3ccc(COc4nc(N)nc5nc[nH]c45)cc3)ccc2C(=O)O)C([2H])([2H])C([2H])([2H])C1([2H])[2H]. The van der Waals surface area contributed by atoms with E-state index in [1.54, 1.807) is 13.1 Å². The van der Waals surface area contributed by atoms with Gasteiger partial charge in [0, 0.05) is 72.0 Å². The van der Waals surface area contributed by atoms with Crippen molar-refractivity contribution < 1.29 is 45.9 Å². The van der Waals surface area contributed by atoms with Gasteiger partial charge in [0.2, 0.25) is 11.8 Å². The zero-order valence-electron chi connectivity index (χ0n) is 46.7. The summed E-state index contributed by atoms with van der Waals surface area (Å²) in [4.78, 5) is 42.9. The molecule has 5 heterocycles. The first-order chi connectivity index (χ1) is 33.7. The first kappa shape index (κ1) is 22.6. The van der Waals surface area contributed by atoms with Gasteiger partial charge in [-0.3, -0.25) is 4.79 Å². The summed E-state index contributed by atoms with van der Waals surface area (Å²) < 4.78 is 144. The van der Waals surface area contributed by atoms with Gasteiger partial charge in [0.05, 0.1) is 11.9 Å². The number of fused-ring (bicyclic) bond motifs is 3. The van der Waals surface area contributed by atoms with Crippen molar-refractivity contribution in [1.29, 1.82) is 0 Å². The minimum absolute atomic E-state index is 0.00485. The van der Waals surface area contributed by atoms with Crippen molar-refractivity contribution >= 4 is 59.1 Å². The smallest absolute Gasteiger partial charge is 0.336 e. The number of nitrogen functional groups attached to an aromatic ring is 1. The molecule has 12 heteroatoms. The highest BCUT2D eigenvalue weighted by atomic mass is 28.3. The maximum absolute atomic E-state index is 14.1. The van der Waals surface area contributed by atoms with Crippen molar-refractivity contribution in [2.45, 2.75) is 58.0 Å². The molecule has 3 aliphatic heterocycles. The summed E-state index contributed by atoms with van der Waals surface area (Å²) in [5.74, 6) is -1.54. The molecule has 0 saturated carbocycles. The Kier molecular flexibility index (Phi) is 5.83. The van der Waals surface area contributed by atoms with Gasteiger partial charge in [-0.1, -0.05) is 49.5 Å². The molecule has 0 radical (unpaired) electrons. The van der Waals surface area contributed by atoms with Crippen molar-refractivity contribution in [2.24, 2.45) is 0 Å². The number of hydrogen-bond donors (Lipinski definition) is 3. The molecule has 0 atom stereocenters. The minimum atomic E-state index is -3.44. The molecule has 0 spiro atoms. The summed E-state index contributed by atoms with van der Waals surface area (Å²) >= 11 is 0. The van der Waals surface area contributed by atoms with Gasteiger partial charge in [0.15, 0.2) is 17.1 Å². The van der Waals surface area contributed by atoms with Crippen LogP contribution in [0.3, 0.4) is 0 Å². The largest absolute Gasteiger partial charge is 0.478 e. The quantitative estimate of drug-likeness (QED) is 0.0804. The minimum Gasteiger partial charge on any atom is -0.478 e. The number of hydrogen-bond acceptors (Lipinski definition) is 8. The van der Waals surface area contributed by atoms with Crippen LogP contribution in [0.25, 0.3) is 16.7 Å². The fourth-order valence-electron chi connectivity index (χ4n) is 7.44. The lowest BCUT2D eigenvalue weighted by Gasteiger charge is -2.38. The average molecular weight is 793 g/mol. The van der Waals surface area contributed by atoms with Crippen LogP contribution in [0.4, 0.5) is 11.6 Å². The number of nitrogens with two attached hydrogens (primary N) is 1. The van der Waals surface area contributed by atoms with E-state index in [0.717, 1.165) is 11.1 Å².